The van der Waals surface area contributed by atoms with Gasteiger partial charge in [-0.25, -0.2) is 0 Å². The lowest BCUT2D eigenvalue weighted by molar-refractivity contribution is 0.133. The van der Waals surface area contributed by atoms with Crippen LogP contribution in [0.4, 0.5) is 0 Å². The normalized spacial score (nSPS) is 36.3. The van der Waals surface area contributed by atoms with Crippen molar-refractivity contribution in [3.05, 3.63) is 0 Å². The number of nitrogens with one attached hydrogen (secondary N) is 1. The fraction of sp³-hybridized carbons (Fsp3) is 1.00. The van der Waals surface area contributed by atoms with Crippen LogP contribution in [0.2, 0.25) is 0 Å². The van der Waals surface area contributed by atoms with E-state index in [1.54, 1.807) is 0 Å². The molecule has 4 heteroatoms. The summed E-state index contributed by atoms with van der Waals surface area (Å²) in [5.41, 5.74) is 11.3. The van der Waals surface area contributed by atoms with Gasteiger partial charge in [-0.3, -0.25) is 4.90 Å². The zero-order valence-electron chi connectivity index (χ0n) is 6.38. The smallest absolute Gasteiger partial charge is 0.0737 e. The van der Waals surface area contributed by atoms with E-state index in [4.69, 9.17) is 11.5 Å². The molecule has 10 heavy (non-hydrogen) atoms. The lowest BCUT2D eigenvalue weighted by Crippen LogP contribution is -2.61. The van der Waals surface area contributed by atoms with Crippen LogP contribution in [0.1, 0.15) is 6.92 Å². The third kappa shape index (κ3) is 1.46. The standard InChI is InChI=1S/C6H16N4/c1-5-6(8)10(4-7)3-2-9-5/h5-6,9H,2-4,7-8H2,1H3. The number of nitrogens with two attached hydrogens (primary N) is 2. The monoisotopic (exact) mass is 144 g/mol. The predicted octanol–water partition coefficient (Wildman–Crippen LogP) is -1.52. The summed E-state index contributed by atoms with van der Waals surface area (Å²) in [5.74, 6) is 0. The van der Waals surface area contributed by atoms with Crippen LogP contribution in [-0.2, 0) is 0 Å². The van der Waals surface area contributed by atoms with Crippen LogP contribution in [0.25, 0.3) is 0 Å². The first-order chi connectivity index (χ1) is 4.75. The molecule has 0 bridgehead atoms. The van der Waals surface area contributed by atoms with Crippen molar-refractivity contribution >= 4 is 0 Å². The highest BCUT2D eigenvalue weighted by Gasteiger charge is 2.22. The van der Waals surface area contributed by atoms with E-state index in [9.17, 15) is 0 Å². The van der Waals surface area contributed by atoms with Crippen LogP contribution in [-0.4, -0.2) is 36.9 Å². The van der Waals surface area contributed by atoms with Crippen molar-refractivity contribution in [2.45, 2.75) is 19.1 Å². The van der Waals surface area contributed by atoms with Gasteiger partial charge in [0.15, 0.2) is 0 Å². The number of nitrogens with zero attached hydrogens (tertiary/aromatic N) is 1. The minimum absolute atomic E-state index is 0.0822. The van der Waals surface area contributed by atoms with Crippen LogP contribution >= 0.6 is 0 Å². The molecule has 1 saturated heterocycles. The van der Waals surface area contributed by atoms with E-state index >= 15 is 0 Å². The van der Waals surface area contributed by atoms with Gasteiger partial charge in [-0.15, -0.1) is 0 Å². The van der Waals surface area contributed by atoms with Gasteiger partial charge in [0.1, 0.15) is 0 Å². The zero-order chi connectivity index (χ0) is 7.56. The molecule has 0 aromatic rings. The van der Waals surface area contributed by atoms with Crippen LogP contribution in [0.3, 0.4) is 0 Å². The topological polar surface area (TPSA) is 67.3 Å². The van der Waals surface area contributed by atoms with Gasteiger partial charge >= 0.3 is 0 Å². The number of piperazine rings is 1. The SMILES string of the molecule is CC1NCCN(CN)C1N. The van der Waals surface area contributed by atoms with Gasteiger partial charge in [0.25, 0.3) is 0 Å². The van der Waals surface area contributed by atoms with Crippen molar-refractivity contribution < 1.29 is 0 Å². The molecule has 0 spiro atoms. The maximum absolute atomic E-state index is 5.82. The number of hydrogen-bond acceptors (Lipinski definition) is 4. The molecule has 60 valence electrons. The van der Waals surface area contributed by atoms with Gasteiger partial charge < -0.3 is 16.8 Å². The molecule has 0 saturated carbocycles. The Morgan fingerprint density at radius 1 is 1.70 bits per heavy atom. The van der Waals surface area contributed by atoms with E-state index in [-0.39, 0.29) is 6.17 Å². The minimum atomic E-state index is 0.0822. The highest BCUT2D eigenvalue weighted by molar-refractivity contribution is 4.81. The molecule has 0 radical (unpaired) electrons. The molecular formula is C6H16N4. The summed E-state index contributed by atoms with van der Waals surface area (Å²) < 4.78 is 0. The molecule has 5 N–H and O–H groups in total. The second kappa shape index (κ2) is 3.30. The Labute approximate surface area is 61.5 Å². The fourth-order valence-corrected chi connectivity index (χ4v) is 1.23. The van der Waals surface area contributed by atoms with Gasteiger partial charge in [-0.1, -0.05) is 0 Å². The lowest BCUT2D eigenvalue weighted by atomic mass is 10.2. The van der Waals surface area contributed by atoms with Crippen LogP contribution in [0.5, 0.6) is 0 Å². The molecule has 0 aromatic heterocycles. The van der Waals surface area contributed by atoms with Crippen molar-refractivity contribution in [2.75, 3.05) is 19.8 Å². The Balaban J connectivity index is 2.42. The minimum Gasteiger partial charge on any atom is -0.318 e. The zero-order valence-corrected chi connectivity index (χ0v) is 6.38. The second-order valence-electron chi connectivity index (χ2n) is 2.73. The summed E-state index contributed by atoms with van der Waals surface area (Å²) in [5, 5.41) is 3.27. The van der Waals surface area contributed by atoms with Crippen molar-refractivity contribution in [1.82, 2.24) is 10.2 Å². The predicted molar refractivity (Wildman–Crippen MR) is 41.2 cm³/mol. The largest absolute Gasteiger partial charge is 0.318 e. The number of rotatable bonds is 1. The van der Waals surface area contributed by atoms with Crippen molar-refractivity contribution in [1.29, 1.82) is 0 Å². The average Bonchev–Trinajstić information content (AvgIpc) is 1.95. The fourth-order valence-electron chi connectivity index (χ4n) is 1.23. The summed E-state index contributed by atoms with van der Waals surface area (Å²) in [4.78, 5) is 2.07. The molecular weight excluding hydrogens is 128 g/mol. The van der Waals surface area contributed by atoms with Gasteiger partial charge in [0, 0.05) is 25.8 Å². The molecule has 2 atom stereocenters. The third-order valence-electron chi connectivity index (χ3n) is 2.03. The average molecular weight is 144 g/mol. The third-order valence-corrected chi connectivity index (χ3v) is 2.03. The Morgan fingerprint density at radius 2 is 2.40 bits per heavy atom. The Morgan fingerprint density at radius 3 is 2.90 bits per heavy atom. The molecule has 1 rings (SSSR count). The molecule has 1 heterocycles. The highest BCUT2D eigenvalue weighted by atomic mass is 15.3. The van der Waals surface area contributed by atoms with E-state index < -0.39 is 0 Å². The summed E-state index contributed by atoms with van der Waals surface area (Å²) >= 11 is 0. The van der Waals surface area contributed by atoms with Crippen molar-refractivity contribution in [2.24, 2.45) is 11.5 Å². The maximum Gasteiger partial charge on any atom is 0.0737 e. The first kappa shape index (κ1) is 7.94. The summed E-state index contributed by atoms with van der Waals surface area (Å²) in [6.45, 7) is 4.59. The Bertz CT molecular complexity index is 106. The molecule has 4 nitrogen and oxygen atoms in total. The van der Waals surface area contributed by atoms with E-state index in [2.05, 4.69) is 17.1 Å². The first-order valence-electron chi connectivity index (χ1n) is 3.69. The molecule has 0 aromatic carbocycles. The molecule has 1 aliphatic rings. The van der Waals surface area contributed by atoms with Gasteiger partial charge in [-0.05, 0) is 6.92 Å². The quantitative estimate of drug-likeness (QED) is 0.418. The first-order valence-corrected chi connectivity index (χ1v) is 3.69. The molecule has 0 amide bonds. The second-order valence-corrected chi connectivity index (χ2v) is 2.73. The van der Waals surface area contributed by atoms with Crippen molar-refractivity contribution in [3.8, 4) is 0 Å². The van der Waals surface area contributed by atoms with Crippen LogP contribution in [0, 0.1) is 0 Å². The van der Waals surface area contributed by atoms with Crippen LogP contribution in [0.15, 0.2) is 0 Å². The molecule has 1 fully saturated rings. The van der Waals surface area contributed by atoms with Crippen molar-refractivity contribution in [3.63, 3.8) is 0 Å². The molecule has 0 aliphatic carbocycles. The van der Waals surface area contributed by atoms with E-state index in [1.807, 2.05) is 0 Å². The summed E-state index contributed by atoms with van der Waals surface area (Å²) in [6, 6.07) is 0.359. The van der Waals surface area contributed by atoms with E-state index in [1.165, 1.54) is 0 Å². The van der Waals surface area contributed by atoms with Crippen LogP contribution < -0.4 is 16.8 Å². The number of hydrogen-bond donors (Lipinski definition) is 3. The Kier molecular flexibility index (Phi) is 2.62. The lowest BCUT2D eigenvalue weighted by Gasteiger charge is -2.37. The molecule has 2 unspecified atom stereocenters. The van der Waals surface area contributed by atoms with E-state index in [0.717, 1.165) is 13.1 Å². The molecule has 1 aliphatic heterocycles. The summed E-state index contributed by atoms with van der Waals surface area (Å²) in [6.07, 6.45) is 0.0822. The maximum atomic E-state index is 5.82. The highest BCUT2D eigenvalue weighted by Crippen LogP contribution is 2.00. The Hall–Kier alpha value is -0.160. The van der Waals surface area contributed by atoms with Gasteiger partial charge in [0.05, 0.1) is 6.17 Å². The van der Waals surface area contributed by atoms with Gasteiger partial charge in [0.2, 0.25) is 0 Å². The van der Waals surface area contributed by atoms with E-state index in [0.29, 0.717) is 12.7 Å². The van der Waals surface area contributed by atoms with Gasteiger partial charge in [-0.2, -0.15) is 0 Å². The summed E-state index contributed by atoms with van der Waals surface area (Å²) in [7, 11) is 0.